The van der Waals surface area contributed by atoms with Gasteiger partial charge in [-0.2, -0.15) is 0 Å². The van der Waals surface area contributed by atoms with E-state index in [1.165, 1.54) is 6.07 Å². The van der Waals surface area contributed by atoms with Crippen LogP contribution in [0.4, 0.5) is 10.2 Å². The van der Waals surface area contributed by atoms with Gasteiger partial charge in [-0.3, -0.25) is 9.59 Å². The summed E-state index contributed by atoms with van der Waals surface area (Å²) in [6.07, 6.45) is 3.33. The Morgan fingerprint density at radius 1 is 1.03 bits per heavy atom. The van der Waals surface area contributed by atoms with E-state index in [0.717, 1.165) is 5.82 Å². The molecule has 4 rings (SSSR count). The zero-order chi connectivity index (χ0) is 20.3. The lowest BCUT2D eigenvalue weighted by molar-refractivity contribution is -0.144. The molecule has 2 heterocycles. The van der Waals surface area contributed by atoms with Gasteiger partial charge in [0.2, 0.25) is 11.8 Å². The van der Waals surface area contributed by atoms with Crippen molar-refractivity contribution in [1.82, 2.24) is 15.2 Å². The molecule has 2 amide bonds. The second kappa shape index (κ2) is 8.19. The van der Waals surface area contributed by atoms with Crippen LogP contribution in [0.25, 0.3) is 0 Å². The van der Waals surface area contributed by atoms with Crippen molar-refractivity contribution < 1.29 is 14.0 Å². The van der Waals surface area contributed by atoms with Crippen molar-refractivity contribution >= 4 is 17.6 Å². The molecule has 0 bridgehead atoms. The third kappa shape index (κ3) is 4.09. The Morgan fingerprint density at radius 3 is 2.41 bits per heavy atom. The monoisotopic (exact) mass is 396 g/mol. The first-order valence-corrected chi connectivity index (χ1v) is 10.1. The molecule has 6 nitrogen and oxygen atoms in total. The average molecular weight is 396 g/mol. The van der Waals surface area contributed by atoms with Gasteiger partial charge in [0, 0.05) is 38.9 Å². The topological polar surface area (TPSA) is 65.5 Å². The number of nitrogens with zero attached hydrogens (tertiary/aromatic N) is 3. The summed E-state index contributed by atoms with van der Waals surface area (Å²) >= 11 is 0. The number of halogens is 1. The van der Waals surface area contributed by atoms with Gasteiger partial charge in [-0.1, -0.05) is 24.3 Å². The first-order valence-electron chi connectivity index (χ1n) is 10.1. The highest BCUT2D eigenvalue weighted by Crippen LogP contribution is 2.47. The van der Waals surface area contributed by atoms with Crippen LogP contribution in [0, 0.1) is 11.2 Å². The number of piperazine rings is 1. The lowest BCUT2D eigenvalue weighted by atomic mass is 10.0. The molecule has 1 N–H and O–H groups in total. The predicted octanol–water partition coefficient (Wildman–Crippen LogP) is 2.01. The van der Waals surface area contributed by atoms with E-state index in [-0.39, 0.29) is 17.6 Å². The van der Waals surface area contributed by atoms with Crippen LogP contribution >= 0.6 is 0 Å². The van der Waals surface area contributed by atoms with Gasteiger partial charge in [0.05, 0.1) is 0 Å². The lowest BCUT2D eigenvalue weighted by Crippen LogP contribution is -2.53. The molecule has 29 heavy (non-hydrogen) atoms. The molecule has 2 fully saturated rings. The number of hydrogen-bond donors (Lipinski definition) is 1. The number of carbonyl (C=O) groups excluding carboxylic acids is 2. The van der Waals surface area contributed by atoms with Crippen molar-refractivity contribution in [3.8, 4) is 0 Å². The first-order chi connectivity index (χ1) is 14.1. The molecule has 1 aliphatic heterocycles. The molecule has 1 aromatic carbocycles. The normalized spacial score (nSPS) is 17.7. The van der Waals surface area contributed by atoms with Crippen LogP contribution in [0.3, 0.4) is 0 Å². The van der Waals surface area contributed by atoms with Gasteiger partial charge in [0.1, 0.15) is 17.1 Å². The van der Waals surface area contributed by atoms with E-state index in [1.54, 1.807) is 29.3 Å². The van der Waals surface area contributed by atoms with E-state index in [0.29, 0.717) is 57.5 Å². The minimum Gasteiger partial charge on any atom is -0.355 e. The number of rotatable bonds is 6. The van der Waals surface area contributed by atoms with Crippen molar-refractivity contribution in [3.05, 3.63) is 60.0 Å². The smallest absolute Gasteiger partial charge is 0.238 e. The van der Waals surface area contributed by atoms with Gasteiger partial charge in [-0.05, 0) is 43.0 Å². The maximum atomic E-state index is 13.7. The number of benzene rings is 1. The van der Waals surface area contributed by atoms with E-state index in [1.807, 2.05) is 18.2 Å². The molecular weight excluding hydrogens is 371 g/mol. The van der Waals surface area contributed by atoms with Crippen LogP contribution in [-0.2, 0) is 16.0 Å². The number of anilines is 1. The Morgan fingerprint density at radius 2 is 1.76 bits per heavy atom. The van der Waals surface area contributed by atoms with E-state index in [9.17, 15) is 14.0 Å². The van der Waals surface area contributed by atoms with Crippen LogP contribution in [0.1, 0.15) is 18.4 Å². The van der Waals surface area contributed by atoms with Crippen molar-refractivity contribution in [2.75, 3.05) is 37.6 Å². The SMILES string of the molecule is O=C(NCCc1ccccc1F)C1(C(=O)N2CCN(c3ccccn3)CC2)CC1. The quantitative estimate of drug-likeness (QED) is 0.759. The zero-order valence-corrected chi connectivity index (χ0v) is 16.3. The molecular formula is C22H25FN4O2. The maximum Gasteiger partial charge on any atom is 0.238 e. The minimum absolute atomic E-state index is 0.0819. The summed E-state index contributed by atoms with van der Waals surface area (Å²) in [6, 6.07) is 12.3. The van der Waals surface area contributed by atoms with Crippen molar-refractivity contribution in [3.63, 3.8) is 0 Å². The molecule has 152 valence electrons. The Bertz CT molecular complexity index is 877. The molecule has 0 atom stereocenters. The van der Waals surface area contributed by atoms with Crippen LogP contribution in [-0.4, -0.2) is 54.4 Å². The third-order valence-electron chi connectivity index (χ3n) is 5.77. The number of carbonyl (C=O) groups is 2. The van der Waals surface area contributed by atoms with E-state index >= 15 is 0 Å². The van der Waals surface area contributed by atoms with Crippen LogP contribution in [0.2, 0.25) is 0 Å². The van der Waals surface area contributed by atoms with Gasteiger partial charge >= 0.3 is 0 Å². The summed E-state index contributed by atoms with van der Waals surface area (Å²) in [5.74, 6) is 0.323. The fraction of sp³-hybridized carbons (Fsp3) is 0.409. The molecule has 2 aromatic rings. The predicted molar refractivity (Wildman–Crippen MR) is 108 cm³/mol. The summed E-state index contributed by atoms with van der Waals surface area (Å²) in [4.78, 5) is 34.0. The number of amides is 2. The fourth-order valence-electron chi connectivity index (χ4n) is 3.83. The number of hydrogen-bond acceptors (Lipinski definition) is 4. The standard InChI is InChI=1S/C22H25FN4O2/c23-18-6-2-1-5-17(18)8-12-25-20(28)22(9-10-22)21(29)27-15-13-26(14-16-27)19-7-3-4-11-24-19/h1-7,11H,8-10,12-16H2,(H,25,28). The number of aromatic nitrogens is 1. The Kier molecular flexibility index (Phi) is 5.47. The highest BCUT2D eigenvalue weighted by atomic mass is 19.1. The molecule has 1 saturated carbocycles. The van der Waals surface area contributed by atoms with Crippen molar-refractivity contribution in [2.45, 2.75) is 19.3 Å². The number of pyridine rings is 1. The zero-order valence-electron chi connectivity index (χ0n) is 16.3. The molecule has 0 radical (unpaired) electrons. The molecule has 1 saturated heterocycles. The van der Waals surface area contributed by atoms with Gasteiger partial charge in [0.25, 0.3) is 0 Å². The first kappa shape index (κ1) is 19.4. The Labute approximate surface area is 169 Å². The summed E-state index contributed by atoms with van der Waals surface area (Å²) in [7, 11) is 0. The highest BCUT2D eigenvalue weighted by molar-refractivity contribution is 6.07. The van der Waals surface area contributed by atoms with Crippen LogP contribution < -0.4 is 10.2 Å². The van der Waals surface area contributed by atoms with E-state index in [2.05, 4.69) is 15.2 Å². The highest BCUT2D eigenvalue weighted by Gasteiger charge is 2.58. The summed E-state index contributed by atoms with van der Waals surface area (Å²) in [5, 5.41) is 2.84. The Hall–Kier alpha value is -2.96. The molecule has 1 aliphatic carbocycles. The van der Waals surface area contributed by atoms with Crippen LogP contribution in [0.5, 0.6) is 0 Å². The average Bonchev–Trinajstić information content (AvgIpc) is 3.57. The second-order valence-corrected chi connectivity index (χ2v) is 7.65. The van der Waals surface area contributed by atoms with E-state index < -0.39 is 5.41 Å². The number of nitrogens with one attached hydrogen (secondary N) is 1. The summed E-state index contributed by atoms with van der Waals surface area (Å²) < 4.78 is 13.7. The largest absolute Gasteiger partial charge is 0.355 e. The summed E-state index contributed by atoms with van der Waals surface area (Å²) in [6.45, 7) is 2.89. The lowest BCUT2D eigenvalue weighted by Gasteiger charge is -2.36. The molecule has 0 spiro atoms. The van der Waals surface area contributed by atoms with Crippen molar-refractivity contribution in [1.29, 1.82) is 0 Å². The molecule has 7 heteroatoms. The maximum absolute atomic E-state index is 13.7. The third-order valence-corrected chi connectivity index (χ3v) is 5.77. The van der Waals surface area contributed by atoms with Gasteiger partial charge in [-0.15, -0.1) is 0 Å². The molecule has 2 aliphatic rings. The van der Waals surface area contributed by atoms with Gasteiger partial charge in [0.15, 0.2) is 0 Å². The Balaban J connectivity index is 1.29. The summed E-state index contributed by atoms with van der Waals surface area (Å²) in [5.41, 5.74) is -0.364. The fourth-order valence-corrected chi connectivity index (χ4v) is 3.83. The van der Waals surface area contributed by atoms with E-state index in [4.69, 9.17) is 0 Å². The van der Waals surface area contributed by atoms with Crippen molar-refractivity contribution in [2.24, 2.45) is 5.41 Å². The molecule has 0 unspecified atom stereocenters. The molecule has 1 aromatic heterocycles. The second-order valence-electron chi connectivity index (χ2n) is 7.65. The van der Waals surface area contributed by atoms with Crippen LogP contribution in [0.15, 0.2) is 48.7 Å². The van der Waals surface area contributed by atoms with Gasteiger partial charge in [-0.25, -0.2) is 9.37 Å². The minimum atomic E-state index is -0.928. The van der Waals surface area contributed by atoms with Gasteiger partial charge < -0.3 is 15.1 Å².